The average Bonchev–Trinajstić information content (AvgIpc) is 3.90. The lowest BCUT2D eigenvalue weighted by molar-refractivity contribution is 0.0184. The normalized spacial score (nSPS) is 33.5. The van der Waals surface area contributed by atoms with Gasteiger partial charge in [0.25, 0.3) is 0 Å². The third-order valence-electron chi connectivity index (χ3n) is 15.4. The summed E-state index contributed by atoms with van der Waals surface area (Å²) in [5.74, 6) is 5.95. The molecule has 8 bridgehead atoms. The summed E-state index contributed by atoms with van der Waals surface area (Å²) in [5.41, 5.74) is 11.1. The molecule has 1 unspecified atom stereocenters. The van der Waals surface area contributed by atoms with Crippen LogP contribution in [0.2, 0.25) is 0 Å². The van der Waals surface area contributed by atoms with Gasteiger partial charge in [-0.2, -0.15) is 0 Å². The second kappa shape index (κ2) is 12.3. The van der Waals surface area contributed by atoms with Crippen LogP contribution in [0.25, 0.3) is 22.3 Å². The lowest BCUT2D eigenvalue weighted by Gasteiger charge is -2.67. The number of rotatable bonds is 9. The number of nitrogens with one attached hydrogen (secondary N) is 2. The molecule has 8 saturated carbocycles. The van der Waals surface area contributed by atoms with Gasteiger partial charge in [0.1, 0.15) is 0 Å². The molecule has 4 heteroatoms. The van der Waals surface area contributed by atoms with E-state index in [9.17, 15) is 0 Å². The Morgan fingerprint density at radius 3 is 1.35 bits per heavy atom. The molecule has 0 saturated heterocycles. The Bertz CT molecular complexity index is 1900. The zero-order valence-electron chi connectivity index (χ0n) is 30.6. The minimum atomic E-state index is -0.377. The summed E-state index contributed by atoms with van der Waals surface area (Å²) in [7, 11) is 3.21. The topological polar surface area (TPSA) is 31.6 Å². The van der Waals surface area contributed by atoms with Gasteiger partial charge in [-0.1, -0.05) is 68.6 Å². The first-order valence-corrected chi connectivity index (χ1v) is 22.7. The van der Waals surface area contributed by atoms with Gasteiger partial charge >= 0.3 is 0 Å². The van der Waals surface area contributed by atoms with Crippen molar-refractivity contribution in [2.24, 2.45) is 35.5 Å². The molecule has 13 rings (SSSR count). The van der Waals surface area contributed by atoms with Crippen molar-refractivity contribution in [1.82, 2.24) is 9.97 Å². The monoisotopic (exact) mass is 720 g/mol. The maximum absolute atomic E-state index is 3.47. The SMILES string of the molecule is PC(c1cc[nH]c1)(c1cc[nH]c1)c1cc(-c2ccccc2)c(-c2ccccc2)cc1CP(C12CC3CC(CC(C3)C1)C2)C12CC3CC(CC(C3)C1)C2. The molecule has 3 aromatic carbocycles. The molecule has 52 heavy (non-hydrogen) atoms. The van der Waals surface area contributed by atoms with Gasteiger partial charge in [0.05, 0.1) is 5.16 Å². The second-order valence-electron chi connectivity index (χ2n) is 18.7. The van der Waals surface area contributed by atoms with Crippen LogP contribution in [0.4, 0.5) is 0 Å². The van der Waals surface area contributed by atoms with E-state index in [1.807, 2.05) is 0 Å². The Hall–Kier alpha value is -2.92. The van der Waals surface area contributed by atoms with E-state index in [4.69, 9.17) is 0 Å². The smallest absolute Gasteiger partial charge is 0.0623 e. The van der Waals surface area contributed by atoms with Gasteiger partial charge in [-0.3, -0.25) is 0 Å². The van der Waals surface area contributed by atoms with Gasteiger partial charge in [-0.05, 0) is 198 Å². The highest BCUT2D eigenvalue weighted by molar-refractivity contribution is 7.60. The molecule has 0 aliphatic heterocycles. The van der Waals surface area contributed by atoms with Crippen molar-refractivity contribution in [3.8, 4) is 22.3 Å². The van der Waals surface area contributed by atoms with Gasteiger partial charge in [0, 0.05) is 24.8 Å². The molecule has 266 valence electrons. The van der Waals surface area contributed by atoms with Crippen LogP contribution in [0.5, 0.6) is 0 Å². The molecular formula is C48H54N2P2. The van der Waals surface area contributed by atoms with E-state index in [1.165, 1.54) is 122 Å². The Morgan fingerprint density at radius 1 is 0.558 bits per heavy atom. The molecule has 2 aromatic heterocycles. The lowest BCUT2D eigenvalue weighted by atomic mass is 9.55. The Balaban J connectivity index is 1.16. The first-order valence-electron chi connectivity index (χ1n) is 20.6. The molecular weight excluding hydrogens is 666 g/mol. The number of aromatic amines is 2. The highest BCUT2D eigenvalue weighted by Gasteiger charge is 2.62. The lowest BCUT2D eigenvalue weighted by Crippen LogP contribution is -2.56. The van der Waals surface area contributed by atoms with Crippen LogP contribution < -0.4 is 0 Å². The summed E-state index contributed by atoms with van der Waals surface area (Å²) in [4.78, 5) is 6.94. The van der Waals surface area contributed by atoms with Crippen LogP contribution in [0.3, 0.4) is 0 Å². The Morgan fingerprint density at radius 2 is 0.962 bits per heavy atom. The number of benzene rings is 3. The predicted molar refractivity (Wildman–Crippen MR) is 221 cm³/mol. The fourth-order valence-corrected chi connectivity index (χ4v) is 20.1. The molecule has 2 nitrogen and oxygen atoms in total. The number of hydrogen-bond acceptors (Lipinski definition) is 0. The third-order valence-corrected chi connectivity index (χ3v) is 20.5. The largest absolute Gasteiger partial charge is 0.367 e. The highest BCUT2D eigenvalue weighted by Crippen LogP contribution is 2.80. The molecule has 8 aliphatic rings. The van der Waals surface area contributed by atoms with Crippen molar-refractivity contribution >= 4 is 17.2 Å². The summed E-state index contributed by atoms with van der Waals surface area (Å²) in [6.45, 7) is 0. The van der Waals surface area contributed by atoms with Gasteiger partial charge < -0.3 is 9.97 Å². The summed E-state index contributed by atoms with van der Waals surface area (Å²) in [6.07, 6.45) is 28.5. The highest BCUT2D eigenvalue weighted by atomic mass is 31.1. The van der Waals surface area contributed by atoms with E-state index in [1.54, 1.807) is 5.56 Å². The molecule has 2 N–H and O–H groups in total. The van der Waals surface area contributed by atoms with Crippen LogP contribution in [0.15, 0.2) is 110 Å². The fourth-order valence-electron chi connectivity index (χ4n) is 14.3. The van der Waals surface area contributed by atoms with E-state index in [-0.39, 0.29) is 13.1 Å². The molecule has 8 aliphatic carbocycles. The third kappa shape index (κ3) is 5.17. The molecule has 5 aromatic rings. The van der Waals surface area contributed by atoms with Crippen molar-refractivity contribution < 1.29 is 0 Å². The number of aromatic nitrogens is 2. The standard InChI is InChI=1S/C48H54N2P2/c51-48(41-11-13-49-29-41,42-12-14-50-30-42)45-22-44(39-9-5-2-6-10-39)43(38-7-3-1-4-8-38)21-40(45)31-52(46-23-32-15-33(24-46)17-34(16-32)25-46)47-26-35-18-36(27-47)20-37(19-35)28-47/h1-14,21-22,29-30,32-37,49-50H,15-20,23-28,31,51H2. The second-order valence-corrected chi connectivity index (χ2v) is 22.6. The molecule has 0 spiro atoms. The van der Waals surface area contributed by atoms with Crippen molar-refractivity contribution in [3.63, 3.8) is 0 Å². The van der Waals surface area contributed by atoms with Crippen molar-refractivity contribution in [3.05, 3.63) is 132 Å². The number of H-pyrrole nitrogens is 2. The molecule has 1 atom stereocenters. The van der Waals surface area contributed by atoms with Gasteiger partial charge in [0.15, 0.2) is 0 Å². The quantitative estimate of drug-likeness (QED) is 0.142. The van der Waals surface area contributed by atoms with Crippen LogP contribution in [0.1, 0.15) is 99.3 Å². The van der Waals surface area contributed by atoms with Crippen LogP contribution in [0, 0.1) is 35.5 Å². The van der Waals surface area contributed by atoms with Crippen LogP contribution in [-0.4, -0.2) is 20.3 Å². The van der Waals surface area contributed by atoms with E-state index in [0.29, 0.717) is 10.3 Å². The molecule has 2 heterocycles. The predicted octanol–water partition coefficient (Wildman–Crippen LogP) is 12.8. The first-order chi connectivity index (χ1) is 25.5. The zero-order chi connectivity index (χ0) is 34.5. The average molecular weight is 721 g/mol. The summed E-state index contributed by atoms with van der Waals surface area (Å²) in [6, 6.07) is 32.6. The van der Waals surface area contributed by atoms with Gasteiger partial charge in [-0.15, -0.1) is 9.24 Å². The van der Waals surface area contributed by atoms with Gasteiger partial charge in [0.2, 0.25) is 0 Å². The van der Waals surface area contributed by atoms with Crippen LogP contribution >= 0.6 is 17.2 Å². The van der Waals surface area contributed by atoms with E-state index in [0.717, 1.165) is 35.5 Å². The van der Waals surface area contributed by atoms with Crippen molar-refractivity contribution in [2.45, 2.75) is 98.7 Å². The molecule has 0 amide bonds. The minimum absolute atomic E-state index is 0.234. The first kappa shape index (κ1) is 32.5. The molecule has 0 radical (unpaired) electrons. The minimum Gasteiger partial charge on any atom is -0.367 e. The van der Waals surface area contributed by atoms with Crippen molar-refractivity contribution in [1.29, 1.82) is 0 Å². The maximum atomic E-state index is 3.47. The van der Waals surface area contributed by atoms with E-state index >= 15 is 0 Å². The van der Waals surface area contributed by atoms with Gasteiger partial charge in [-0.25, -0.2) is 0 Å². The summed E-state index contributed by atoms with van der Waals surface area (Å²) >= 11 is 0. The van der Waals surface area contributed by atoms with Crippen LogP contribution in [-0.2, 0) is 11.3 Å². The summed E-state index contributed by atoms with van der Waals surface area (Å²) in [5, 5.41) is 0.769. The summed E-state index contributed by atoms with van der Waals surface area (Å²) < 4.78 is 0. The van der Waals surface area contributed by atoms with E-state index < -0.39 is 0 Å². The fraction of sp³-hybridized carbons (Fsp3) is 0.458. The maximum Gasteiger partial charge on any atom is 0.0623 e. The zero-order valence-corrected chi connectivity index (χ0v) is 32.6. The molecule has 8 fully saturated rings. The Labute approximate surface area is 314 Å². The van der Waals surface area contributed by atoms with Crippen molar-refractivity contribution in [2.75, 3.05) is 0 Å². The number of hydrogen-bond donors (Lipinski definition) is 2. The Kier molecular flexibility index (Phi) is 7.69. The van der Waals surface area contributed by atoms with E-state index in [2.05, 4.69) is 129 Å².